The molecule has 2 aromatic heterocycles. The molecule has 2 aliphatic carbocycles. The van der Waals surface area contributed by atoms with Crippen LogP contribution in [0, 0.1) is 23.7 Å². The number of nitrogens with two attached hydrogens (primary N) is 2. The lowest BCUT2D eigenvalue weighted by Gasteiger charge is -2.24. The van der Waals surface area contributed by atoms with Crippen molar-refractivity contribution in [2.24, 2.45) is 34.5 Å². The van der Waals surface area contributed by atoms with E-state index in [4.69, 9.17) is 34.3 Å². The van der Waals surface area contributed by atoms with Crippen molar-refractivity contribution in [2.45, 2.75) is 109 Å². The van der Waals surface area contributed by atoms with Crippen LogP contribution in [-0.2, 0) is 65.6 Å². The molecule has 24 heteroatoms. The summed E-state index contributed by atoms with van der Waals surface area (Å²) in [5, 5.41) is 29.0. The molecule has 6 amide bonds. The Morgan fingerprint density at radius 3 is 2.36 bits per heavy atom. The minimum absolute atomic E-state index is 0.0116. The lowest BCUT2D eigenvalue weighted by Crippen LogP contribution is -2.45. The van der Waals surface area contributed by atoms with Crippen LogP contribution in [0.1, 0.15) is 101 Å². The molecular weight excluding hydrogens is 1030 g/mol. The first-order valence-corrected chi connectivity index (χ1v) is 28.2. The normalized spacial score (nSPS) is 20.0. The van der Waals surface area contributed by atoms with Crippen molar-refractivity contribution in [3.8, 4) is 0 Å². The molecule has 1 saturated carbocycles. The maximum Gasteiger partial charge on any atom is 0.333 e. The zero-order valence-electron chi connectivity index (χ0n) is 44.6. The fourth-order valence-corrected chi connectivity index (χ4v) is 10.8. The molecule has 4 aromatic rings. The predicted molar refractivity (Wildman–Crippen MR) is 286 cm³/mol. The summed E-state index contributed by atoms with van der Waals surface area (Å²) in [6.07, 6.45) is 6.23. The van der Waals surface area contributed by atoms with E-state index in [-0.39, 0.29) is 127 Å². The van der Waals surface area contributed by atoms with Crippen LogP contribution < -0.4 is 36.7 Å². The second-order valence-corrected chi connectivity index (χ2v) is 21.9. The molecule has 7 rings (SSSR count). The van der Waals surface area contributed by atoms with Gasteiger partial charge in [-0.3, -0.25) is 37.6 Å². The van der Waals surface area contributed by atoms with Crippen LogP contribution >= 0.6 is 0 Å². The van der Waals surface area contributed by atoms with Gasteiger partial charge in [0.1, 0.15) is 5.39 Å². The molecule has 1 unspecified atom stereocenters. The quantitative estimate of drug-likeness (QED) is 0.0217. The number of carbonyl (C=O) groups excluding carboxylic acids is 6. The first-order valence-electron chi connectivity index (χ1n) is 26.8. The molecule has 0 radical (unpaired) electrons. The Bertz CT molecular complexity index is 2850. The number of aliphatic hydroxyl groups excluding tert-OH is 1. The molecule has 9 N–H and O–H groups in total. The highest BCUT2D eigenvalue weighted by Crippen LogP contribution is 2.39. The SMILES string of the molecule is CC1CC(=O)N(CCOCCOCCOCCC(=O)N[C@H](C(=O)C[C@@H](CCCNC(N)=O)C(=O)Nc2ccc(C[n+]3cnc(N[C@@H]4CCc5ccccc54)c4ccn([C@H]5C[C@H](COS(N)(=O)=O)[C@H](O)C5)c43)cc2)C(C)C)C1=O. The van der Waals surface area contributed by atoms with Crippen LogP contribution in [0.25, 0.3) is 11.0 Å². The molecule has 0 bridgehead atoms. The number of anilines is 2. The number of ether oxygens (including phenoxy) is 3. The van der Waals surface area contributed by atoms with E-state index in [1.165, 1.54) is 16.0 Å². The highest BCUT2D eigenvalue weighted by molar-refractivity contribution is 7.84. The molecule has 3 aliphatic rings. The number of fused-ring (bicyclic) bond motifs is 2. The largest absolute Gasteiger partial charge is 0.393 e. The van der Waals surface area contributed by atoms with Gasteiger partial charge in [0.15, 0.2) is 5.78 Å². The number of likely N-dealkylation sites (tertiary alicyclic amines) is 1. The van der Waals surface area contributed by atoms with E-state index in [2.05, 4.69) is 38.0 Å². The van der Waals surface area contributed by atoms with Crippen LogP contribution in [0.4, 0.5) is 16.3 Å². The molecular formula is C54H75N10O13S+. The summed E-state index contributed by atoms with van der Waals surface area (Å²) >= 11 is 0. The van der Waals surface area contributed by atoms with Gasteiger partial charge in [0.2, 0.25) is 41.4 Å². The van der Waals surface area contributed by atoms with Gasteiger partial charge in [-0.05, 0) is 72.9 Å². The summed E-state index contributed by atoms with van der Waals surface area (Å²) in [6.45, 7) is 7.21. The van der Waals surface area contributed by atoms with Crippen LogP contribution in [-0.4, -0.2) is 135 Å². The number of amides is 6. The van der Waals surface area contributed by atoms with Crippen molar-refractivity contribution in [2.75, 3.05) is 70.0 Å². The number of aromatic nitrogens is 3. The van der Waals surface area contributed by atoms with Crippen molar-refractivity contribution in [3.05, 3.63) is 83.8 Å². The minimum atomic E-state index is -4.19. The van der Waals surface area contributed by atoms with Crippen molar-refractivity contribution in [1.82, 2.24) is 25.1 Å². The van der Waals surface area contributed by atoms with Gasteiger partial charge in [-0.1, -0.05) is 62.2 Å². The summed E-state index contributed by atoms with van der Waals surface area (Å²) in [6, 6.07) is 15.9. The maximum absolute atomic E-state index is 14.0. The fraction of sp³-hybridized carbons (Fsp3) is 0.556. The average Bonchev–Trinajstić information content (AvgIpc) is 4.23. The Labute approximate surface area is 454 Å². The van der Waals surface area contributed by atoms with E-state index in [1.807, 2.05) is 54.9 Å². The number of aryl methyl sites for hydroxylation is 1. The van der Waals surface area contributed by atoms with Crippen molar-refractivity contribution < 1.29 is 65.3 Å². The van der Waals surface area contributed by atoms with Gasteiger partial charge >= 0.3 is 16.3 Å². The average molecular weight is 1100 g/mol. The standard InChI is InChI=1S/C54H74N10O13S/c1-34(2)49(61-47(67)17-21-74-23-25-76-26-24-75-22-20-64-48(68)27-35(3)53(64)70)46(66)29-38(8-6-18-57-54(55)71)51(69)59-40-13-10-36(11-14-40)31-62-33-58-50(60-44-15-12-37-7-4-5-9-42(37)44)43-16-19-63(52(43)62)41-28-39(45(65)30-41)32-77-78(56,72)73/h4-5,7,9-11,13-14,16,19,33-35,38-39,41,44-45,49,65H,6,8,12,15,17-18,20-32H2,1-3H3,(H7,55,56,57,59,61,67,69,71,72,73)/p+1/t35?,38-,39-,41+,44-,45-,49+/m1/s1. The van der Waals surface area contributed by atoms with Gasteiger partial charge in [-0.25, -0.2) is 14.5 Å². The monoisotopic (exact) mass is 1100 g/mol. The molecule has 78 heavy (non-hydrogen) atoms. The van der Waals surface area contributed by atoms with Crippen LogP contribution in [0.3, 0.4) is 0 Å². The Kier molecular flexibility index (Phi) is 21.2. The number of imide groups is 1. The number of rotatable bonds is 31. The van der Waals surface area contributed by atoms with E-state index in [0.717, 1.165) is 29.4 Å². The van der Waals surface area contributed by atoms with Gasteiger partial charge in [0.05, 0.1) is 89.8 Å². The first kappa shape index (κ1) is 59.3. The molecule has 3 heterocycles. The second-order valence-electron chi connectivity index (χ2n) is 20.7. The molecule has 2 fully saturated rings. The number of Topliss-reactive ketones (excluding diaryl/α,β-unsaturated/α-hetero) is 1. The summed E-state index contributed by atoms with van der Waals surface area (Å²) in [4.78, 5) is 82.4. The van der Waals surface area contributed by atoms with E-state index in [1.54, 1.807) is 25.4 Å². The molecule has 424 valence electrons. The number of primary amides is 1. The molecule has 7 atom stereocenters. The number of hydrogen-bond acceptors (Lipinski definition) is 15. The van der Waals surface area contributed by atoms with Gasteiger partial charge in [0.25, 0.3) is 0 Å². The van der Waals surface area contributed by atoms with Crippen LogP contribution in [0.2, 0.25) is 0 Å². The number of nitrogens with zero attached hydrogens (tertiary/aromatic N) is 4. The molecule has 0 spiro atoms. The summed E-state index contributed by atoms with van der Waals surface area (Å²) in [7, 11) is -4.19. The Balaban J connectivity index is 0.937. The van der Waals surface area contributed by atoms with E-state index in [0.29, 0.717) is 37.3 Å². The van der Waals surface area contributed by atoms with E-state index in [9.17, 15) is 42.3 Å². The van der Waals surface area contributed by atoms with Crippen molar-refractivity contribution >= 4 is 68.3 Å². The summed E-state index contributed by atoms with van der Waals surface area (Å²) < 4.78 is 48.8. The Hall–Kier alpha value is -6.41. The number of carbonyl (C=O) groups is 6. The topological polar surface area (TPSA) is 319 Å². The molecule has 1 saturated heterocycles. The fourth-order valence-electron chi connectivity index (χ4n) is 10.4. The Morgan fingerprint density at radius 1 is 0.949 bits per heavy atom. The number of urea groups is 1. The van der Waals surface area contributed by atoms with E-state index >= 15 is 0 Å². The zero-order valence-corrected chi connectivity index (χ0v) is 45.4. The first-order chi connectivity index (χ1) is 37.3. The lowest BCUT2D eigenvalue weighted by molar-refractivity contribution is -0.668. The van der Waals surface area contributed by atoms with Crippen LogP contribution in [0.15, 0.2) is 67.1 Å². The predicted octanol–water partition coefficient (Wildman–Crippen LogP) is 2.94. The van der Waals surface area contributed by atoms with Crippen molar-refractivity contribution in [1.29, 1.82) is 0 Å². The van der Waals surface area contributed by atoms with E-state index < -0.39 is 52.1 Å². The minimum Gasteiger partial charge on any atom is -0.393 e. The highest BCUT2D eigenvalue weighted by atomic mass is 32.2. The second kappa shape index (κ2) is 28.0. The summed E-state index contributed by atoms with van der Waals surface area (Å²) in [5.74, 6) is -2.65. The molecule has 23 nitrogen and oxygen atoms in total. The number of nitrogens with one attached hydrogen (secondary N) is 4. The van der Waals surface area contributed by atoms with Gasteiger partial charge in [-0.15, -0.1) is 0 Å². The zero-order chi connectivity index (χ0) is 55.9. The Morgan fingerprint density at radius 2 is 1.67 bits per heavy atom. The number of ketones is 1. The summed E-state index contributed by atoms with van der Waals surface area (Å²) in [5.41, 5.74) is 10.0. The lowest BCUT2D eigenvalue weighted by atomic mass is 9.89. The third-order valence-electron chi connectivity index (χ3n) is 14.6. The molecule has 2 aromatic carbocycles. The maximum atomic E-state index is 14.0. The highest BCUT2D eigenvalue weighted by Gasteiger charge is 2.39. The molecule has 1 aliphatic heterocycles. The number of hydrogen-bond donors (Lipinski definition) is 7. The smallest absolute Gasteiger partial charge is 0.333 e. The third kappa shape index (κ3) is 16.6. The van der Waals surface area contributed by atoms with Gasteiger partial charge in [0, 0.05) is 55.7 Å². The number of benzene rings is 2. The third-order valence-corrected chi connectivity index (χ3v) is 15.0. The van der Waals surface area contributed by atoms with Crippen molar-refractivity contribution in [3.63, 3.8) is 0 Å². The van der Waals surface area contributed by atoms with Crippen LogP contribution in [0.5, 0.6) is 0 Å². The van der Waals surface area contributed by atoms with Gasteiger partial charge in [-0.2, -0.15) is 8.42 Å². The number of aliphatic hydroxyl groups is 1. The van der Waals surface area contributed by atoms with Gasteiger partial charge < -0.3 is 46.3 Å².